The first-order chi connectivity index (χ1) is 15.7. The van der Waals surface area contributed by atoms with E-state index in [1.165, 1.54) is 0 Å². The van der Waals surface area contributed by atoms with Crippen LogP contribution in [0.3, 0.4) is 0 Å². The van der Waals surface area contributed by atoms with Crippen molar-refractivity contribution in [3.63, 3.8) is 0 Å². The standard InChI is InChI=1S/C24H28N6O2/c1-2-32-24(31)19-11-14-29(15-12-19)22-21(25)23(28-17-27-22)30(20-10-6-7-13-26-20)16-18-8-4-3-5-9-18/h3-10,13,17,19H,2,11-12,14-16,25H2,1H3. The second-order valence-corrected chi connectivity index (χ2v) is 7.71. The Morgan fingerprint density at radius 1 is 1.09 bits per heavy atom. The van der Waals surface area contributed by atoms with Gasteiger partial charge in [0.1, 0.15) is 17.8 Å². The summed E-state index contributed by atoms with van der Waals surface area (Å²) in [5.74, 6) is 1.87. The van der Waals surface area contributed by atoms with Crippen LogP contribution in [0.25, 0.3) is 0 Å². The van der Waals surface area contributed by atoms with Crippen molar-refractivity contribution >= 4 is 29.1 Å². The lowest BCUT2D eigenvalue weighted by molar-refractivity contribution is -0.148. The number of pyridine rings is 1. The second-order valence-electron chi connectivity index (χ2n) is 7.71. The zero-order valence-electron chi connectivity index (χ0n) is 18.2. The fraction of sp³-hybridized carbons (Fsp3) is 0.333. The number of anilines is 4. The number of carbonyl (C=O) groups excluding carboxylic acids is 1. The van der Waals surface area contributed by atoms with Crippen molar-refractivity contribution < 1.29 is 9.53 Å². The minimum Gasteiger partial charge on any atom is -0.466 e. The summed E-state index contributed by atoms with van der Waals surface area (Å²) in [6.07, 6.45) is 4.72. The van der Waals surface area contributed by atoms with Crippen LogP contribution in [-0.4, -0.2) is 40.6 Å². The van der Waals surface area contributed by atoms with Gasteiger partial charge in [0, 0.05) is 19.3 Å². The Bertz CT molecular complexity index is 1020. The molecule has 0 saturated carbocycles. The van der Waals surface area contributed by atoms with Crippen LogP contribution in [0.5, 0.6) is 0 Å². The number of hydrogen-bond donors (Lipinski definition) is 1. The van der Waals surface area contributed by atoms with Gasteiger partial charge in [-0.15, -0.1) is 0 Å². The first-order valence-electron chi connectivity index (χ1n) is 10.9. The van der Waals surface area contributed by atoms with Crippen LogP contribution in [0.2, 0.25) is 0 Å². The van der Waals surface area contributed by atoms with Gasteiger partial charge in [-0.2, -0.15) is 0 Å². The molecule has 1 saturated heterocycles. The summed E-state index contributed by atoms with van der Waals surface area (Å²) in [4.78, 5) is 29.7. The van der Waals surface area contributed by atoms with Gasteiger partial charge >= 0.3 is 5.97 Å². The van der Waals surface area contributed by atoms with Gasteiger partial charge in [0.25, 0.3) is 0 Å². The molecule has 2 aromatic heterocycles. The van der Waals surface area contributed by atoms with Crippen LogP contribution >= 0.6 is 0 Å². The van der Waals surface area contributed by atoms with Gasteiger partial charge in [0.2, 0.25) is 0 Å². The summed E-state index contributed by atoms with van der Waals surface area (Å²) in [5.41, 5.74) is 8.24. The number of hydrogen-bond acceptors (Lipinski definition) is 8. The molecule has 0 spiro atoms. The fourth-order valence-electron chi connectivity index (χ4n) is 3.98. The van der Waals surface area contributed by atoms with Crippen molar-refractivity contribution in [3.05, 3.63) is 66.6 Å². The van der Waals surface area contributed by atoms with Gasteiger partial charge < -0.3 is 20.3 Å². The Morgan fingerprint density at radius 3 is 2.53 bits per heavy atom. The fourth-order valence-corrected chi connectivity index (χ4v) is 3.98. The normalized spacial score (nSPS) is 14.2. The van der Waals surface area contributed by atoms with Gasteiger partial charge in [0.05, 0.1) is 19.1 Å². The molecule has 8 heteroatoms. The third-order valence-electron chi connectivity index (χ3n) is 5.62. The highest BCUT2D eigenvalue weighted by molar-refractivity contribution is 5.79. The van der Waals surface area contributed by atoms with E-state index in [0.717, 1.165) is 11.4 Å². The molecule has 0 amide bonds. The number of carbonyl (C=O) groups is 1. The van der Waals surface area contributed by atoms with Crippen LogP contribution in [0, 0.1) is 5.92 Å². The SMILES string of the molecule is CCOC(=O)C1CCN(c2ncnc(N(Cc3ccccc3)c3ccccn3)c2N)CC1. The summed E-state index contributed by atoms with van der Waals surface area (Å²) >= 11 is 0. The van der Waals surface area contributed by atoms with Gasteiger partial charge in [-0.1, -0.05) is 36.4 Å². The van der Waals surface area contributed by atoms with E-state index in [4.69, 9.17) is 10.5 Å². The molecule has 32 heavy (non-hydrogen) atoms. The molecule has 8 nitrogen and oxygen atoms in total. The highest BCUT2D eigenvalue weighted by atomic mass is 16.5. The number of nitrogens with two attached hydrogens (primary N) is 1. The molecule has 4 rings (SSSR count). The van der Waals surface area contributed by atoms with Crippen molar-refractivity contribution in [2.24, 2.45) is 5.92 Å². The van der Waals surface area contributed by atoms with Gasteiger partial charge in [-0.3, -0.25) is 4.79 Å². The quantitative estimate of drug-likeness (QED) is 0.566. The van der Waals surface area contributed by atoms with Crippen molar-refractivity contribution in [2.45, 2.75) is 26.3 Å². The zero-order valence-corrected chi connectivity index (χ0v) is 18.2. The molecule has 0 unspecified atom stereocenters. The van der Waals surface area contributed by atoms with Crippen LogP contribution in [0.1, 0.15) is 25.3 Å². The molecular formula is C24H28N6O2. The van der Waals surface area contributed by atoms with Crippen LogP contribution in [0.4, 0.5) is 23.1 Å². The molecule has 0 bridgehead atoms. The summed E-state index contributed by atoms with van der Waals surface area (Å²) in [6.45, 7) is 4.19. The third-order valence-corrected chi connectivity index (χ3v) is 5.62. The molecule has 0 aliphatic carbocycles. The molecule has 0 atom stereocenters. The molecule has 1 aliphatic heterocycles. The van der Waals surface area contributed by atoms with Crippen LogP contribution in [-0.2, 0) is 16.1 Å². The number of piperidine rings is 1. The number of esters is 1. The average Bonchev–Trinajstić information content (AvgIpc) is 2.84. The van der Waals surface area contributed by atoms with Crippen molar-refractivity contribution in [1.82, 2.24) is 15.0 Å². The number of nitrogens with zero attached hydrogens (tertiary/aromatic N) is 5. The molecule has 3 aromatic rings. The second kappa shape index (κ2) is 10.1. The maximum atomic E-state index is 12.1. The Kier molecular flexibility index (Phi) is 6.79. The van der Waals surface area contributed by atoms with Crippen molar-refractivity contribution in [1.29, 1.82) is 0 Å². The van der Waals surface area contributed by atoms with E-state index in [9.17, 15) is 4.79 Å². The number of rotatable bonds is 7. The maximum Gasteiger partial charge on any atom is 0.309 e. The monoisotopic (exact) mass is 432 g/mol. The van der Waals surface area contributed by atoms with E-state index in [0.29, 0.717) is 56.4 Å². The third kappa shape index (κ3) is 4.80. The predicted molar refractivity (Wildman–Crippen MR) is 125 cm³/mol. The van der Waals surface area contributed by atoms with Gasteiger partial charge in [-0.25, -0.2) is 15.0 Å². The van der Waals surface area contributed by atoms with Gasteiger partial charge in [-0.05, 0) is 37.5 Å². The Hall–Kier alpha value is -3.68. The summed E-state index contributed by atoms with van der Waals surface area (Å²) in [7, 11) is 0. The lowest BCUT2D eigenvalue weighted by Gasteiger charge is -2.33. The molecule has 1 aliphatic rings. The maximum absolute atomic E-state index is 12.1. The van der Waals surface area contributed by atoms with E-state index >= 15 is 0 Å². The molecule has 1 fully saturated rings. The lowest BCUT2D eigenvalue weighted by atomic mass is 9.97. The minimum absolute atomic E-state index is 0.0724. The average molecular weight is 433 g/mol. The van der Waals surface area contributed by atoms with Crippen molar-refractivity contribution in [2.75, 3.05) is 35.2 Å². The Balaban J connectivity index is 1.60. The number of aromatic nitrogens is 3. The topological polar surface area (TPSA) is 97.5 Å². The Morgan fingerprint density at radius 2 is 1.84 bits per heavy atom. The largest absolute Gasteiger partial charge is 0.466 e. The van der Waals surface area contributed by atoms with E-state index < -0.39 is 0 Å². The Labute approximate surface area is 188 Å². The van der Waals surface area contributed by atoms with E-state index in [2.05, 4.69) is 32.0 Å². The molecule has 1 aromatic carbocycles. The van der Waals surface area contributed by atoms with E-state index in [-0.39, 0.29) is 11.9 Å². The van der Waals surface area contributed by atoms with Crippen LogP contribution < -0.4 is 15.5 Å². The molecule has 166 valence electrons. The summed E-state index contributed by atoms with van der Waals surface area (Å²) in [5, 5.41) is 0. The molecule has 0 radical (unpaired) electrons. The molecule has 3 heterocycles. The van der Waals surface area contributed by atoms with E-state index in [1.807, 2.05) is 48.2 Å². The smallest absolute Gasteiger partial charge is 0.309 e. The summed E-state index contributed by atoms with van der Waals surface area (Å²) < 4.78 is 5.18. The number of ether oxygens (including phenoxy) is 1. The van der Waals surface area contributed by atoms with Crippen molar-refractivity contribution in [3.8, 4) is 0 Å². The summed E-state index contributed by atoms with van der Waals surface area (Å²) in [6, 6.07) is 15.9. The number of nitrogen functional groups attached to an aromatic ring is 1. The minimum atomic E-state index is -0.118. The first-order valence-corrected chi connectivity index (χ1v) is 10.9. The number of benzene rings is 1. The molecule has 2 N–H and O–H groups in total. The van der Waals surface area contributed by atoms with E-state index in [1.54, 1.807) is 12.5 Å². The lowest BCUT2D eigenvalue weighted by Crippen LogP contribution is -2.38. The predicted octanol–water partition coefficient (Wildman–Crippen LogP) is 3.57. The van der Waals surface area contributed by atoms with Crippen LogP contribution in [0.15, 0.2) is 61.1 Å². The van der Waals surface area contributed by atoms with Gasteiger partial charge in [0.15, 0.2) is 11.6 Å². The highest BCUT2D eigenvalue weighted by Crippen LogP contribution is 2.35. The zero-order chi connectivity index (χ0) is 22.3. The first kappa shape index (κ1) is 21.5. The highest BCUT2D eigenvalue weighted by Gasteiger charge is 2.28. The molecular weight excluding hydrogens is 404 g/mol.